The van der Waals surface area contributed by atoms with Crippen molar-refractivity contribution in [3.8, 4) is 0 Å². The van der Waals surface area contributed by atoms with E-state index in [1.54, 1.807) is 12.4 Å². The molecule has 13 heavy (non-hydrogen) atoms. The number of carbonyl (C=O) groups excluding carboxylic acids is 1. The summed E-state index contributed by atoms with van der Waals surface area (Å²) < 4.78 is 0. The third-order valence-corrected chi connectivity index (χ3v) is 1.72. The molecule has 0 amide bonds. The van der Waals surface area contributed by atoms with Gasteiger partial charge in [-0.15, -0.1) is 0 Å². The average molecular weight is 178 g/mol. The van der Waals surface area contributed by atoms with Crippen LogP contribution in [0.25, 0.3) is 0 Å². The van der Waals surface area contributed by atoms with Gasteiger partial charge < -0.3 is 0 Å². The number of hydrogen-bond acceptors (Lipinski definition) is 3. The third kappa shape index (κ3) is 3.32. The van der Waals surface area contributed by atoms with Crippen LogP contribution in [-0.2, 0) is 11.2 Å². The van der Waals surface area contributed by atoms with E-state index in [-0.39, 0.29) is 5.78 Å². The maximum Gasteiger partial charge on any atom is 0.140 e. The van der Waals surface area contributed by atoms with Crippen molar-refractivity contribution in [1.29, 1.82) is 0 Å². The Balaban J connectivity index is 2.54. The van der Waals surface area contributed by atoms with E-state index < -0.39 is 0 Å². The van der Waals surface area contributed by atoms with Crippen LogP contribution in [0.5, 0.6) is 0 Å². The third-order valence-electron chi connectivity index (χ3n) is 1.72. The summed E-state index contributed by atoms with van der Waals surface area (Å²) in [5, 5.41) is 0. The van der Waals surface area contributed by atoms with Gasteiger partial charge in [-0.25, -0.2) is 9.97 Å². The number of aryl methyl sites for hydroxylation is 1. The number of rotatable bonds is 4. The van der Waals surface area contributed by atoms with E-state index in [0.29, 0.717) is 18.7 Å². The fourth-order valence-corrected chi connectivity index (χ4v) is 1.05. The molecule has 0 bridgehead atoms. The predicted octanol–water partition coefficient (Wildman–Crippen LogP) is 1.70. The van der Waals surface area contributed by atoms with E-state index >= 15 is 0 Å². The Morgan fingerprint density at radius 3 is 2.54 bits per heavy atom. The summed E-state index contributed by atoms with van der Waals surface area (Å²) in [4.78, 5) is 19.4. The standard InChI is InChI=1S/C10H14N2O/c1-3-4-9(13)5-10-11-6-8(2)7-12-10/h6-7H,3-5H2,1-2H3. The van der Waals surface area contributed by atoms with Crippen LogP contribution in [0.15, 0.2) is 12.4 Å². The molecule has 0 fully saturated rings. The van der Waals surface area contributed by atoms with Crippen molar-refractivity contribution in [2.24, 2.45) is 0 Å². The first-order valence-electron chi connectivity index (χ1n) is 4.51. The smallest absolute Gasteiger partial charge is 0.140 e. The molecular formula is C10H14N2O. The van der Waals surface area contributed by atoms with Crippen LogP contribution in [0.4, 0.5) is 0 Å². The van der Waals surface area contributed by atoms with Gasteiger partial charge in [0.2, 0.25) is 0 Å². The van der Waals surface area contributed by atoms with E-state index in [2.05, 4.69) is 9.97 Å². The zero-order chi connectivity index (χ0) is 9.68. The topological polar surface area (TPSA) is 42.9 Å². The largest absolute Gasteiger partial charge is 0.299 e. The maximum atomic E-state index is 11.2. The molecule has 0 radical (unpaired) electrons. The molecule has 70 valence electrons. The zero-order valence-corrected chi connectivity index (χ0v) is 8.08. The van der Waals surface area contributed by atoms with Gasteiger partial charge in [0, 0.05) is 18.8 Å². The van der Waals surface area contributed by atoms with Crippen molar-refractivity contribution in [1.82, 2.24) is 9.97 Å². The molecule has 0 saturated heterocycles. The molecule has 3 heteroatoms. The van der Waals surface area contributed by atoms with Gasteiger partial charge in [-0.05, 0) is 18.9 Å². The molecule has 3 nitrogen and oxygen atoms in total. The van der Waals surface area contributed by atoms with Crippen molar-refractivity contribution >= 4 is 5.78 Å². The van der Waals surface area contributed by atoms with Gasteiger partial charge in [0.05, 0.1) is 6.42 Å². The molecule has 0 N–H and O–H groups in total. The van der Waals surface area contributed by atoms with Gasteiger partial charge in [-0.3, -0.25) is 4.79 Å². The van der Waals surface area contributed by atoms with Crippen LogP contribution in [0, 0.1) is 6.92 Å². The molecule has 0 saturated carbocycles. The van der Waals surface area contributed by atoms with Crippen LogP contribution < -0.4 is 0 Å². The summed E-state index contributed by atoms with van der Waals surface area (Å²) >= 11 is 0. The summed E-state index contributed by atoms with van der Waals surface area (Å²) in [7, 11) is 0. The van der Waals surface area contributed by atoms with Gasteiger partial charge >= 0.3 is 0 Å². The Kier molecular flexibility index (Phi) is 3.55. The first-order valence-corrected chi connectivity index (χ1v) is 4.51. The number of carbonyl (C=O) groups is 1. The summed E-state index contributed by atoms with van der Waals surface area (Å²) in [5.41, 5.74) is 1.02. The minimum atomic E-state index is 0.214. The second kappa shape index (κ2) is 4.70. The number of ketones is 1. The van der Waals surface area contributed by atoms with E-state index in [0.717, 1.165) is 12.0 Å². The highest BCUT2D eigenvalue weighted by molar-refractivity contribution is 5.79. The van der Waals surface area contributed by atoms with Gasteiger partial charge in [-0.2, -0.15) is 0 Å². The number of aromatic nitrogens is 2. The average Bonchev–Trinajstić information content (AvgIpc) is 2.09. The Morgan fingerprint density at radius 1 is 1.38 bits per heavy atom. The van der Waals surface area contributed by atoms with Crippen molar-refractivity contribution < 1.29 is 4.79 Å². The SMILES string of the molecule is CCCC(=O)Cc1ncc(C)cn1. The Bertz CT molecular complexity index is 279. The van der Waals surface area contributed by atoms with Gasteiger partial charge in [0.1, 0.15) is 11.6 Å². The molecule has 0 aliphatic rings. The van der Waals surface area contributed by atoms with Crippen molar-refractivity contribution in [3.05, 3.63) is 23.8 Å². The highest BCUT2D eigenvalue weighted by atomic mass is 16.1. The van der Waals surface area contributed by atoms with Crippen molar-refractivity contribution in [2.45, 2.75) is 33.1 Å². The Morgan fingerprint density at radius 2 is 2.00 bits per heavy atom. The first kappa shape index (κ1) is 9.84. The lowest BCUT2D eigenvalue weighted by atomic mass is 10.2. The molecule has 1 rings (SSSR count). The summed E-state index contributed by atoms with van der Waals surface area (Å²) in [6.07, 6.45) is 5.36. The quantitative estimate of drug-likeness (QED) is 0.704. The molecule has 1 heterocycles. The Hall–Kier alpha value is -1.25. The molecule has 1 aromatic heterocycles. The van der Waals surface area contributed by atoms with Crippen LogP contribution in [0.3, 0.4) is 0 Å². The number of nitrogens with zero attached hydrogens (tertiary/aromatic N) is 2. The lowest BCUT2D eigenvalue weighted by Gasteiger charge is -1.98. The predicted molar refractivity (Wildman–Crippen MR) is 50.4 cm³/mol. The summed E-state index contributed by atoms with van der Waals surface area (Å²) in [6, 6.07) is 0. The molecule has 1 aromatic rings. The van der Waals surface area contributed by atoms with E-state index in [1.807, 2.05) is 13.8 Å². The number of hydrogen-bond donors (Lipinski definition) is 0. The van der Waals surface area contributed by atoms with Crippen LogP contribution in [0.2, 0.25) is 0 Å². The lowest BCUT2D eigenvalue weighted by Crippen LogP contribution is -2.05. The van der Waals surface area contributed by atoms with E-state index in [1.165, 1.54) is 0 Å². The van der Waals surface area contributed by atoms with E-state index in [4.69, 9.17) is 0 Å². The molecule has 0 aliphatic heterocycles. The minimum absolute atomic E-state index is 0.214. The fourth-order valence-electron chi connectivity index (χ4n) is 1.05. The Labute approximate surface area is 78.2 Å². The maximum absolute atomic E-state index is 11.2. The zero-order valence-electron chi connectivity index (χ0n) is 8.08. The molecule has 0 aromatic carbocycles. The summed E-state index contributed by atoms with van der Waals surface area (Å²) in [5.74, 6) is 0.843. The monoisotopic (exact) mass is 178 g/mol. The second-order valence-electron chi connectivity index (χ2n) is 3.14. The molecule has 0 unspecified atom stereocenters. The van der Waals surface area contributed by atoms with Gasteiger partial charge in [0.15, 0.2) is 0 Å². The van der Waals surface area contributed by atoms with Crippen LogP contribution >= 0.6 is 0 Å². The van der Waals surface area contributed by atoms with Crippen LogP contribution in [0.1, 0.15) is 31.2 Å². The van der Waals surface area contributed by atoms with Crippen LogP contribution in [-0.4, -0.2) is 15.8 Å². The first-order chi connectivity index (χ1) is 6.22. The fraction of sp³-hybridized carbons (Fsp3) is 0.500. The van der Waals surface area contributed by atoms with Gasteiger partial charge in [0.25, 0.3) is 0 Å². The highest BCUT2D eigenvalue weighted by Gasteiger charge is 2.03. The minimum Gasteiger partial charge on any atom is -0.299 e. The summed E-state index contributed by atoms with van der Waals surface area (Å²) in [6.45, 7) is 3.92. The molecule has 0 spiro atoms. The van der Waals surface area contributed by atoms with Gasteiger partial charge in [-0.1, -0.05) is 6.92 Å². The normalized spacial score (nSPS) is 10.0. The molecule has 0 aliphatic carbocycles. The van der Waals surface area contributed by atoms with E-state index in [9.17, 15) is 4.79 Å². The van der Waals surface area contributed by atoms with Crippen molar-refractivity contribution in [2.75, 3.05) is 0 Å². The van der Waals surface area contributed by atoms with Crippen molar-refractivity contribution in [3.63, 3.8) is 0 Å². The lowest BCUT2D eigenvalue weighted by molar-refractivity contribution is -0.118. The highest BCUT2D eigenvalue weighted by Crippen LogP contribution is 1.98. The molecular weight excluding hydrogens is 164 g/mol. The second-order valence-corrected chi connectivity index (χ2v) is 3.14. The molecule has 0 atom stereocenters. The number of Topliss-reactive ketones (excluding diaryl/α,β-unsaturated/α-hetero) is 1.